The van der Waals surface area contributed by atoms with Crippen molar-refractivity contribution in [1.29, 1.82) is 0 Å². The van der Waals surface area contributed by atoms with E-state index in [1.807, 2.05) is 0 Å². The number of carboxylic acids is 1. The lowest BCUT2D eigenvalue weighted by atomic mass is 10.1. The van der Waals surface area contributed by atoms with Gasteiger partial charge in [-0.05, 0) is 13.0 Å². The van der Waals surface area contributed by atoms with Gasteiger partial charge in [0.05, 0.1) is 18.9 Å². The second kappa shape index (κ2) is 6.11. The summed E-state index contributed by atoms with van der Waals surface area (Å²) in [6.07, 6.45) is 0.702. The summed E-state index contributed by atoms with van der Waals surface area (Å²) in [4.78, 5) is 10.9. The van der Waals surface area contributed by atoms with Crippen LogP contribution >= 0.6 is 0 Å². The molecule has 6 heteroatoms. The third kappa shape index (κ3) is 3.81. The summed E-state index contributed by atoms with van der Waals surface area (Å²) in [7, 11) is 1.63. The Labute approximate surface area is 104 Å². The van der Waals surface area contributed by atoms with Gasteiger partial charge in [-0.3, -0.25) is 5.01 Å². The monoisotopic (exact) mass is 254 g/mol. The molecule has 18 heavy (non-hydrogen) atoms. The third-order valence-corrected chi connectivity index (χ3v) is 2.18. The molecule has 1 aromatic rings. The summed E-state index contributed by atoms with van der Waals surface area (Å²) in [5, 5.41) is 23.4. The summed E-state index contributed by atoms with van der Waals surface area (Å²) in [6, 6.07) is 3.96. The maximum Gasteiger partial charge on any atom is 0.339 e. The minimum absolute atomic E-state index is 0.181. The molecule has 0 radical (unpaired) electrons. The molecule has 0 saturated heterocycles. The molecule has 2 N–H and O–H groups in total. The Balaban J connectivity index is 2.94. The number of nitrogens with zero attached hydrogens (tertiary/aromatic N) is 2. The summed E-state index contributed by atoms with van der Waals surface area (Å²) in [5.41, 5.74) is -0.230. The molecule has 1 unspecified atom stereocenters. The number of hydrazone groups is 1. The van der Waals surface area contributed by atoms with Crippen LogP contribution in [0.2, 0.25) is 0 Å². The molecule has 0 amide bonds. The Morgan fingerprint density at radius 3 is 2.83 bits per heavy atom. The van der Waals surface area contributed by atoms with E-state index in [2.05, 4.69) is 5.10 Å². The van der Waals surface area contributed by atoms with Gasteiger partial charge in [-0.1, -0.05) is 12.1 Å². The molecule has 0 fully saturated rings. The molecule has 0 saturated carbocycles. The number of benzene rings is 1. The van der Waals surface area contributed by atoms with E-state index < -0.39 is 23.5 Å². The van der Waals surface area contributed by atoms with Gasteiger partial charge in [0.15, 0.2) is 0 Å². The van der Waals surface area contributed by atoms with Crippen LogP contribution in [0.25, 0.3) is 0 Å². The second-order valence-electron chi connectivity index (χ2n) is 3.94. The number of likely N-dealkylation sites (N-methyl/N-ethyl adjacent to an activating group) is 1. The van der Waals surface area contributed by atoms with E-state index in [0.29, 0.717) is 6.54 Å². The van der Waals surface area contributed by atoms with Crippen LogP contribution in [0.15, 0.2) is 23.3 Å². The smallest absolute Gasteiger partial charge is 0.339 e. The predicted octanol–water partition coefficient (Wildman–Crippen LogP) is 1.17. The third-order valence-electron chi connectivity index (χ3n) is 2.18. The lowest BCUT2D eigenvalue weighted by Crippen LogP contribution is -2.22. The fourth-order valence-corrected chi connectivity index (χ4v) is 1.46. The standard InChI is InChI=1S/C12H15FN2O3/c1-8(16)7-15(2)14-6-9-4-3-5-10(13)11(9)12(17)18/h3-6,8,16H,7H2,1-2H3,(H,17,18)/b14-6+. The second-order valence-corrected chi connectivity index (χ2v) is 3.94. The normalized spacial score (nSPS) is 12.7. The van der Waals surface area contributed by atoms with Gasteiger partial charge in [0.1, 0.15) is 11.4 Å². The summed E-state index contributed by atoms with van der Waals surface area (Å²) in [6.45, 7) is 1.91. The average molecular weight is 254 g/mol. The molecule has 0 aromatic heterocycles. The molecule has 0 aliphatic carbocycles. The van der Waals surface area contributed by atoms with Crippen molar-refractivity contribution in [3.05, 3.63) is 35.1 Å². The summed E-state index contributed by atoms with van der Waals surface area (Å²) >= 11 is 0. The Kier molecular flexibility index (Phi) is 4.79. The van der Waals surface area contributed by atoms with E-state index in [1.54, 1.807) is 14.0 Å². The fourth-order valence-electron chi connectivity index (χ4n) is 1.46. The Hall–Kier alpha value is -1.95. The van der Waals surface area contributed by atoms with E-state index in [9.17, 15) is 9.18 Å². The zero-order chi connectivity index (χ0) is 13.7. The van der Waals surface area contributed by atoms with E-state index in [1.165, 1.54) is 23.4 Å². The van der Waals surface area contributed by atoms with Gasteiger partial charge >= 0.3 is 5.97 Å². The van der Waals surface area contributed by atoms with Crippen molar-refractivity contribution >= 4 is 12.2 Å². The molecular weight excluding hydrogens is 239 g/mol. The van der Waals surface area contributed by atoms with Crippen LogP contribution in [-0.2, 0) is 0 Å². The first-order valence-corrected chi connectivity index (χ1v) is 5.36. The molecule has 5 nitrogen and oxygen atoms in total. The average Bonchev–Trinajstić information content (AvgIpc) is 2.24. The van der Waals surface area contributed by atoms with Crippen molar-refractivity contribution in [3.63, 3.8) is 0 Å². The molecule has 0 heterocycles. The molecule has 98 valence electrons. The van der Waals surface area contributed by atoms with Gasteiger partial charge in [-0.2, -0.15) is 5.10 Å². The number of rotatable bonds is 5. The number of hydrogen-bond donors (Lipinski definition) is 2. The van der Waals surface area contributed by atoms with Crippen LogP contribution in [0.5, 0.6) is 0 Å². The highest BCUT2D eigenvalue weighted by Crippen LogP contribution is 2.12. The Morgan fingerprint density at radius 2 is 2.28 bits per heavy atom. The van der Waals surface area contributed by atoms with E-state index in [0.717, 1.165) is 6.07 Å². The molecule has 0 spiro atoms. The van der Waals surface area contributed by atoms with Crippen molar-refractivity contribution in [2.75, 3.05) is 13.6 Å². The number of aromatic carboxylic acids is 1. The van der Waals surface area contributed by atoms with Gasteiger partial charge < -0.3 is 10.2 Å². The molecule has 0 bridgehead atoms. The predicted molar refractivity (Wildman–Crippen MR) is 65.3 cm³/mol. The minimum Gasteiger partial charge on any atom is -0.478 e. The van der Waals surface area contributed by atoms with Crippen molar-refractivity contribution in [3.8, 4) is 0 Å². The molecule has 1 aromatic carbocycles. The summed E-state index contributed by atoms with van der Waals surface area (Å²) in [5.74, 6) is -2.14. The quantitative estimate of drug-likeness (QED) is 0.611. The van der Waals surface area contributed by atoms with Crippen LogP contribution in [0.3, 0.4) is 0 Å². The van der Waals surface area contributed by atoms with Crippen molar-refractivity contribution in [1.82, 2.24) is 5.01 Å². The van der Waals surface area contributed by atoms with Crippen LogP contribution in [0, 0.1) is 5.82 Å². The van der Waals surface area contributed by atoms with Crippen molar-refractivity contribution in [2.24, 2.45) is 5.10 Å². The highest BCUT2D eigenvalue weighted by molar-refractivity contribution is 5.98. The van der Waals surface area contributed by atoms with Crippen LogP contribution < -0.4 is 0 Å². The highest BCUT2D eigenvalue weighted by Gasteiger charge is 2.14. The number of aliphatic hydroxyl groups excluding tert-OH is 1. The van der Waals surface area contributed by atoms with Crippen molar-refractivity contribution in [2.45, 2.75) is 13.0 Å². The minimum atomic E-state index is -1.34. The van der Waals surface area contributed by atoms with Crippen molar-refractivity contribution < 1.29 is 19.4 Å². The van der Waals surface area contributed by atoms with Gasteiger partial charge in [-0.15, -0.1) is 0 Å². The molecule has 0 aliphatic heterocycles. The van der Waals surface area contributed by atoms with Crippen LogP contribution in [-0.4, -0.2) is 47.1 Å². The van der Waals surface area contributed by atoms with Crippen LogP contribution in [0.1, 0.15) is 22.8 Å². The lowest BCUT2D eigenvalue weighted by Gasteiger charge is -2.14. The number of carboxylic acid groups (broad SMARTS) is 1. The highest BCUT2D eigenvalue weighted by atomic mass is 19.1. The van der Waals surface area contributed by atoms with E-state index in [-0.39, 0.29) is 5.56 Å². The lowest BCUT2D eigenvalue weighted by molar-refractivity contribution is 0.0691. The molecule has 1 atom stereocenters. The number of aliphatic hydroxyl groups is 1. The Morgan fingerprint density at radius 1 is 1.61 bits per heavy atom. The maximum atomic E-state index is 13.3. The molecule has 1 rings (SSSR count). The van der Waals surface area contributed by atoms with Crippen LogP contribution in [0.4, 0.5) is 4.39 Å². The first-order chi connectivity index (χ1) is 8.41. The van der Waals surface area contributed by atoms with Gasteiger partial charge in [0.2, 0.25) is 0 Å². The van der Waals surface area contributed by atoms with Gasteiger partial charge in [0.25, 0.3) is 0 Å². The number of carbonyl (C=O) groups is 1. The molecule has 0 aliphatic rings. The van der Waals surface area contributed by atoms with Gasteiger partial charge in [-0.25, -0.2) is 9.18 Å². The Bertz CT molecular complexity index is 461. The molecular formula is C12H15FN2O3. The zero-order valence-electron chi connectivity index (χ0n) is 10.2. The largest absolute Gasteiger partial charge is 0.478 e. The number of halogens is 1. The first kappa shape index (κ1) is 14.1. The van der Waals surface area contributed by atoms with E-state index >= 15 is 0 Å². The maximum absolute atomic E-state index is 13.3. The summed E-state index contributed by atoms with van der Waals surface area (Å²) < 4.78 is 13.3. The fraction of sp³-hybridized carbons (Fsp3) is 0.333. The van der Waals surface area contributed by atoms with Gasteiger partial charge in [0, 0.05) is 12.6 Å². The first-order valence-electron chi connectivity index (χ1n) is 5.36. The van der Waals surface area contributed by atoms with E-state index in [4.69, 9.17) is 10.2 Å². The topological polar surface area (TPSA) is 73.1 Å². The zero-order valence-corrected chi connectivity index (χ0v) is 10.2. The number of hydrogen-bond acceptors (Lipinski definition) is 4. The SMILES string of the molecule is CC(O)CN(C)/N=C/c1cccc(F)c1C(=O)O.